The summed E-state index contributed by atoms with van der Waals surface area (Å²) in [5.74, 6) is -2.49. The number of carbonyl (C=O) groups excluding carboxylic acids is 1. The molecule has 4 aromatic rings. The highest BCUT2D eigenvalue weighted by Crippen LogP contribution is 2.37. The van der Waals surface area contributed by atoms with Crippen LogP contribution in [0.3, 0.4) is 0 Å². The van der Waals surface area contributed by atoms with Gasteiger partial charge in [-0.15, -0.1) is 0 Å². The first-order valence-electron chi connectivity index (χ1n) is 14.2. The van der Waals surface area contributed by atoms with Crippen LogP contribution in [0, 0.1) is 5.82 Å². The monoisotopic (exact) mass is 677 g/mol. The Kier molecular flexibility index (Phi) is 11.5. The van der Waals surface area contributed by atoms with Gasteiger partial charge in [-0.25, -0.2) is 17.6 Å². The van der Waals surface area contributed by atoms with Gasteiger partial charge in [-0.1, -0.05) is 84.4 Å². The van der Waals surface area contributed by atoms with Crippen molar-refractivity contribution in [1.82, 2.24) is 4.90 Å². The van der Waals surface area contributed by atoms with E-state index in [1.165, 1.54) is 6.07 Å². The summed E-state index contributed by atoms with van der Waals surface area (Å²) in [6.07, 6.45) is -3.45. The van der Waals surface area contributed by atoms with Gasteiger partial charge in [-0.2, -0.15) is 13.2 Å². The third-order valence-electron chi connectivity index (χ3n) is 7.33. The molecular formula is C34H32ClF4NO5S. The second kappa shape index (κ2) is 15.1. The SMILES string of the molecule is COC(=O)c1c(F)cc(OCCCN(Cc2cccc(C(F)(F)F)c2Cl)CC(c2ccccc2)c2ccccc2)cc1S(C)(=O)=O. The average Bonchev–Trinajstić information content (AvgIpc) is 3.01. The Morgan fingerprint density at radius 3 is 2.09 bits per heavy atom. The van der Waals surface area contributed by atoms with Crippen LogP contribution in [0.25, 0.3) is 0 Å². The van der Waals surface area contributed by atoms with Crippen LogP contribution in [0.4, 0.5) is 17.6 Å². The van der Waals surface area contributed by atoms with E-state index in [2.05, 4.69) is 4.74 Å². The fourth-order valence-electron chi connectivity index (χ4n) is 5.14. The molecule has 0 spiro atoms. The second-order valence-corrected chi connectivity index (χ2v) is 13.0. The van der Waals surface area contributed by atoms with E-state index in [1.54, 1.807) is 6.07 Å². The van der Waals surface area contributed by atoms with Gasteiger partial charge in [0.15, 0.2) is 9.84 Å². The molecule has 0 aliphatic carbocycles. The quantitative estimate of drug-likeness (QED) is 0.0818. The molecule has 0 aliphatic heterocycles. The zero-order valence-corrected chi connectivity index (χ0v) is 26.6. The zero-order chi connectivity index (χ0) is 33.5. The maximum absolute atomic E-state index is 14.8. The van der Waals surface area contributed by atoms with E-state index in [0.717, 1.165) is 42.7 Å². The summed E-state index contributed by atoms with van der Waals surface area (Å²) >= 11 is 6.27. The lowest BCUT2D eigenvalue weighted by Crippen LogP contribution is -2.31. The molecule has 0 aromatic heterocycles. The number of nitrogens with zero attached hydrogens (tertiary/aromatic N) is 1. The van der Waals surface area contributed by atoms with Crippen molar-refractivity contribution in [2.75, 3.05) is 33.1 Å². The summed E-state index contributed by atoms with van der Waals surface area (Å²) in [4.78, 5) is 13.5. The highest BCUT2D eigenvalue weighted by Gasteiger charge is 2.34. The molecule has 0 unspecified atom stereocenters. The van der Waals surface area contributed by atoms with Crippen LogP contribution < -0.4 is 4.74 Å². The summed E-state index contributed by atoms with van der Waals surface area (Å²) in [7, 11) is -3.01. The lowest BCUT2D eigenvalue weighted by molar-refractivity contribution is -0.137. The summed E-state index contributed by atoms with van der Waals surface area (Å²) < 4.78 is 90.6. The van der Waals surface area contributed by atoms with E-state index in [0.29, 0.717) is 25.1 Å². The molecule has 4 aromatic carbocycles. The van der Waals surface area contributed by atoms with Crippen molar-refractivity contribution in [3.8, 4) is 5.75 Å². The Hall–Kier alpha value is -3.93. The van der Waals surface area contributed by atoms with Crippen LogP contribution in [-0.4, -0.2) is 52.3 Å². The topological polar surface area (TPSA) is 72.9 Å². The first kappa shape index (κ1) is 34.9. The average molecular weight is 678 g/mol. The maximum Gasteiger partial charge on any atom is 0.417 e. The summed E-state index contributed by atoms with van der Waals surface area (Å²) in [5, 5.41) is -0.373. The Bertz CT molecular complexity index is 1710. The predicted octanol–water partition coefficient (Wildman–Crippen LogP) is 7.79. The fraction of sp³-hybridized carbons (Fsp3) is 0.265. The van der Waals surface area contributed by atoms with Crippen molar-refractivity contribution < 1.29 is 40.2 Å². The highest BCUT2D eigenvalue weighted by molar-refractivity contribution is 7.90. The number of halogens is 5. The van der Waals surface area contributed by atoms with Gasteiger partial charge >= 0.3 is 12.1 Å². The number of rotatable bonds is 13. The number of hydrogen-bond acceptors (Lipinski definition) is 6. The number of alkyl halides is 3. The van der Waals surface area contributed by atoms with Crippen LogP contribution in [0.15, 0.2) is 95.9 Å². The van der Waals surface area contributed by atoms with Crippen LogP contribution in [0.2, 0.25) is 5.02 Å². The number of hydrogen-bond donors (Lipinski definition) is 0. The Morgan fingerprint density at radius 1 is 0.935 bits per heavy atom. The van der Waals surface area contributed by atoms with Gasteiger partial charge in [0, 0.05) is 37.9 Å². The maximum atomic E-state index is 14.8. The number of methoxy groups -OCH3 is 1. The van der Waals surface area contributed by atoms with Gasteiger partial charge in [0.2, 0.25) is 0 Å². The largest absolute Gasteiger partial charge is 0.493 e. The van der Waals surface area contributed by atoms with Crippen molar-refractivity contribution >= 4 is 27.4 Å². The van der Waals surface area contributed by atoms with Crippen molar-refractivity contribution in [3.05, 3.63) is 130 Å². The molecule has 0 saturated heterocycles. The third-order valence-corrected chi connectivity index (χ3v) is 8.89. The van der Waals surface area contributed by atoms with E-state index < -0.39 is 43.8 Å². The lowest BCUT2D eigenvalue weighted by atomic mass is 9.90. The molecule has 0 saturated carbocycles. The number of benzene rings is 4. The number of ether oxygens (including phenoxy) is 2. The summed E-state index contributed by atoms with van der Waals surface area (Å²) in [6, 6.07) is 25.2. The third kappa shape index (κ3) is 8.86. The Morgan fingerprint density at radius 2 is 1.54 bits per heavy atom. The standard InChI is InChI=1S/C34H32ClF4NO5S/c1-44-33(41)31-29(36)19-26(20-30(31)46(2,42)43)45-18-10-17-40(21-25-15-9-16-28(32(25)35)34(37,38)39)22-27(23-11-5-3-6-12-23)24-13-7-4-8-14-24/h3-9,11-16,19-20,27H,10,17-18,21-22H2,1-2H3. The van der Waals surface area contributed by atoms with E-state index >= 15 is 0 Å². The van der Waals surface area contributed by atoms with Crippen molar-refractivity contribution in [2.24, 2.45) is 0 Å². The zero-order valence-electron chi connectivity index (χ0n) is 25.1. The molecule has 0 atom stereocenters. The van der Waals surface area contributed by atoms with Crippen LogP contribution >= 0.6 is 11.6 Å². The van der Waals surface area contributed by atoms with Crippen molar-refractivity contribution in [1.29, 1.82) is 0 Å². The van der Waals surface area contributed by atoms with Gasteiger partial charge in [-0.3, -0.25) is 4.90 Å². The Balaban J connectivity index is 1.60. The van der Waals surface area contributed by atoms with E-state index in [4.69, 9.17) is 16.3 Å². The minimum absolute atomic E-state index is 0.00831. The molecule has 0 fully saturated rings. The second-order valence-electron chi connectivity index (χ2n) is 10.6. The molecule has 12 heteroatoms. The molecule has 4 rings (SSSR count). The molecule has 6 nitrogen and oxygen atoms in total. The van der Waals surface area contributed by atoms with Gasteiger partial charge < -0.3 is 9.47 Å². The fourth-order valence-corrected chi connectivity index (χ4v) is 6.32. The highest BCUT2D eigenvalue weighted by atomic mass is 35.5. The van der Waals surface area contributed by atoms with Crippen molar-refractivity contribution in [2.45, 2.75) is 30.0 Å². The van der Waals surface area contributed by atoms with E-state index in [-0.39, 0.29) is 29.8 Å². The number of carbonyl (C=O) groups is 1. The van der Waals surface area contributed by atoms with E-state index in [1.807, 2.05) is 65.6 Å². The normalized spacial score (nSPS) is 12.0. The van der Waals surface area contributed by atoms with Crippen LogP contribution in [-0.2, 0) is 27.3 Å². The summed E-state index contributed by atoms with van der Waals surface area (Å²) in [5.41, 5.74) is 0.695. The molecule has 46 heavy (non-hydrogen) atoms. The predicted molar refractivity (Wildman–Crippen MR) is 167 cm³/mol. The minimum atomic E-state index is -4.62. The number of esters is 1. The van der Waals surface area contributed by atoms with Gasteiger partial charge in [0.1, 0.15) is 17.1 Å². The minimum Gasteiger partial charge on any atom is -0.493 e. The van der Waals surface area contributed by atoms with Gasteiger partial charge in [0.05, 0.1) is 29.2 Å². The molecule has 0 amide bonds. The van der Waals surface area contributed by atoms with E-state index in [9.17, 15) is 30.8 Å². The van der Waals surface area contributed by atoms with Gasteiger partial charge in [0.25, 0.3) is 0 Å². The molecule has 0 N–H and O–H groups in total. The number of sulfone groups is 1. The smallest absolute Gasteiger partial charge is 0.417 e. The van der Waals surface area contributed by atoms with Crippen molar-refractivity contribution in [3.63, 3.8) is 0 Å². The molecule has 0 radical (unpaired) electrons. The van der Waals surface area contributed by atoms with Crippen LogP contribution in [0.1, 0.15) is 45.0 Å². The Labute approximate surface area is 270 Å². The molecule has 0 heterocycles. The van der Waals surface area contributed by atoms with Gasteiger partial charge in [-0.05, 0) is 35.2 Å². The first-order chi connectivity index (χ1) is 21.8. The first-order valence-corrected chi connectivity index (χ1v) is 16.5. The van der Waals surface area contributed by atoms with Crippen LogP contribution in [0.5, 0.6) is 5.75 Å². The lowest BCUT2D eigenvalue weighted by Gasteiger charge is -2.29. The summed E-state index contributed by atoms with van der Waals surface area (Å²) in [6.45, 7) is 0.861. The molecular weight excluding hydrogens is 646 g/mol. The molecule has 244 valence electrons. The molecule has 0 bridgehead atoms. The molecule has 0 aliphatic rings.